The third-order valence-electron chi connectivity index (χ3n) is 1.12. The molecule has 0 saturated carbocycles. The zero-order valence-electron chi connectivity index (χ0n) is 5.58. The molecule has 0 bridgehead atoms. The van der Waals surface area contributed by atoms with E-state index in [1.165, 1.54) is 0 Å². The fourth-order valence-electron chi connectivity index (χ4n) is 0.554. The first kappa shape index (κ1) is 9.03. The highest BCUT2D eigenvalue weighted by molar-refractivity contribution is 5.73. The van der Waals surface area contributed by atoms with Gasteiger partial charge in [0.25, 0.3) is 0 Å². The van der Waals surface area contributed by atoms with Gasteiger partial charge in [0.15, 0.2) is 6.04 Å². The summed E-state index contributed by atoms with van der Waals surface area (Å²) in [6.45, 7) is 0.444. The molecule has 0 unspecified atom stereocenters. The number of nitrogens with two attached hydrogens (primary N) is 1. The van der Waals surface area contributed by atoms with E-state index in [-0.39, 0.29) is 0 Å². The molecule has 10 heavy (non-hydrogen) atoms. The van der Waals surface area contributed by atoms with Crippen molar-refractivity contribution in [3.05, 3.63) is 0 Å². The molecule has 0 aliphatic rings. The lowest BCUT2D eigenvalue weighted by atomic mass is 10.2. The summed E-state index contributed by atoms with van der Waals surface area (Å²) in [7, 11) is 0. The quantitative estimate of drug-likeness (QED) is 0.482. The summed E-state index contributed by atoms with van der Waals surface area (Å²) in [5, 5.41) is 11.3. The van der Waals surface area contributed by atoms with Gasteiger partial charge in [-0.2, -0.15) is 5.11 Å². The molecule has 0 spiro atoms. The van der Waals surface area contributed by atoms with Crippen LogP contribution in [-0.2, 0) is 4.79 Å². The van der Waals surface area contributed by atoms with E-state index in [0.717, 1.165) is 0 Å². The van der Waals surface area contributed by atoms with Crippen LogP contribution in [0.15, 0.2) is 5.11 Å². The Labute approximate surface area is 58.7 Å². The number of carboxylic acids is 1. The number of carboxylic acid groups (broad SMARTS) is 1. The first-order chi connectivity index (χ1) is 4.72. The molecule has 0 aliphatic heterocycles. The van der Waals surface area contributed by atoms with Crippen molar-refractivity contribution in [3.63, 3.8) is 0 Å². The highest BCUT2D eigenvalue weighted by Crippen LogP contribution is 2.00. The number of hydrogen-bond donors (Lipinski definition) is 3. The van der Waals surface area contributed by atoms with Crippen LogP contribution in [0, 0.1) is 5.53 Å². The van der Waals surface area contributed by atoms with E-state index in [9.17, 15) is 4.79 Å². The number of hydrogen-bond acceptors (Lipinski definition) is 4. The third kappa shape index (κ3) is 3.13. The smallest absolute Gasteiger partial charge is 0.330 e. The van der Waals surface area contributed by atoms with Gasteiger partial charge in [-0.15, -0.1) is 0 Å². The number of nitrogens with one attached hydrogen (secondary N) is 1. The Hall–Kier alpha value is -0.970. The van der Waals surface area contributed by atoms with E-state index in [4.69, 9.17) is 16.4 Å². The van der Waals surface area contributed by atoms with E-state index < -0.39 is 12.0 Å². The Morgan fingerprint density at radius 2 is 2.40 bits per heavy atom. The predicted octanol–water partition coefficient (Wildman–Crippen LogP) is 0.209. The molecule has 0 amide bonds. The van der Waals surface area contributed by atoms with Gasteiger partial charge in [0.05, 0.1) is 0 Å². The summed E-state index contributed by atoms with van der Waals surface area (Å²) >= 11 is 0. The molecule has 0 fully saturated rings. The molecule has 0 heterocycles. The Morgan fingerprint density at radius 3 is 2.70 bits per heavy atom. The molecule has 0 aromatic heterocycles. The standard InChI is InChI=1S/C5H11N3O2/c6-3-1-2-4(8-7)5(9)10/h4,7H,1-3,6H2,(H,9,10)/t4-/m0/s1. The van der Waals surface area contributed by atoms with Gasteiger partial charge in [-0.25, -0.2) is 10.3 Å². The Kier molecular flexibility index (Phi) is 4.39. The highest BCUT2D eigenvalue weighted by atomic mass is 16.4. The minimum absolute atomic E-state index is 0.356. The SMILES string of the molecule is N=N[C@@H](CCCN)C(=O)O. The molecule has 0 aromatic rings. The van der Waals surface area contributed by atoms with Crippen LogP contribution in [0.25, 0.3) is 0 Å². The number of nitrogens with zero attached hydrogens (tertiary/aromatic N) is 1. The monoisotopic (exact) mass is 145 g/mol. The summed E-state index contributed by atoms with van der Waals surface area (Å²) in [6.07, 6.45) is 0.953. The van der Waals surface area contributed by atoms with Crippen LogP contribution in [-0.4, -0.2) is 23.7 Å². The zero-order chi connectivity index (χ0) is 7.98. The van der Waals surface area contributed by atoms with Crippen LogP contribution < -0.4 is 5.73 Å². The van der Waals surface area contributed by atoms with Crippen molar-refractivity contribution < 1.29 is 9.90 Å². The largest absolute Gasteiger partial charge is 0.480 e. The van der Waals surface area contributed by atoms with Gasteiger partial charge in [0, 0.05) is 0 Å². The molecule has 0 radical (unpaired) electrons. The maximum absolute atomic E-state index is 10.2. The molecule has 5 heteroatoms. The lowest BCUT2D eigenvalue weighted by molar-refractivity contribution is -0.138. The zero-order valence-corrected chi connectivity index (χ0v) is 5.58. The first-order valence-electron chi connectivity index (χ1n) is 3.01. The fourth-order valence-corrected chi connectivity index (χ4v) is 0.554. The summed E-state index contributed by atoms with van der Waals surface area (Å²) in [6, 6.07) is -0.899. The van der Waals surface area contributed by atoms with Gasteiger partial charge < -0.3 is 10.8 Å². The van der Waals surface area contributed by atoms with Crippen LogP contribution in [0.4, 0.5) is 0 Å². The molecule has 5 nitrogen and oxygen atoms in total. The van der Waals surface area contributed by atoms with E-state index in [1.807, 2.05) is 0 Å². The average Bonchev–Trinajstić information content (AvgIpc) is 1.89. The second-order valence-corrected chi connectivity index (χ2v) is 1.91. The van der Waals surface area contributed by atoms with Crippen molar-refractivity contribution in [1.82, 2.24) is 0 Å². The van der Waals surface area contributed by atoms with Gasteiger partial charge in [-0.3, -0.25) is 0 Å². The van der Waals surface area contributed by atoms with Crippen molar-refractivity contribution in [1.29, 1.82) is 5.53 Å². The maximum Gasteiger partial charge on any atom is 0.330 e. The van der Waals surface area contributed by atoms with Crippen LogP contribution in [0.5, 0.6) is 0 Å². The maximum atomic E-state index is 10.2. The van der Waals surface area contributed by atoms with Crippen LogP contribution >= 0.6 is 0 Å². The second kappa shape index (κ2) is 4.87. The molecule has 0 aromatic carbocycles. The van der Waals surface area contributed by atoms with E-state index >= 15 is 0 Å². The lowest BCUT2D eigenvalue weighted by Gasteiger charge is -2.01. The number of rotatable bonds is 5. The third-order valence-corrected chi connectivity index (χ3v) is 1.12. The van der Waals surface area contributed by atoms with Crippen LogP contribution in [0.1, 0.15) is 12.8 Å². The van der Waals surface area contributed by atoms with E-state index in [0.29, 0.717) is 19.4 Å². The second-order valence-electron chi connectivity index (χ2n) is 1.91. The molecular weight excluding hydrogens is 134 g/mol. The molecule has 4 N–H and O–H groups in total. The molecular formula is C5H11N3O2. The van der Waals surface area contributed by atoms with Crippen molar-refractivity contribution in [2.45, 2.75) is 18.9 Å². The van der Waals surface area contributed by atoms with Gasteiger partial charge in [-0.05, 0) is 19.4 Å². The minimum atomic E-state index is -1.05. The first-order valence-corrected chi connectivity index (χ1v) is 3.01. The van der Waals surface area contributed by atoms with Gasteiger partial charge >= 0.3 is 5.97 Å². The van der Waals surface area contributed by atoms with E-state index in [2.05, 4.69) is 5.11 Å². The van der Waals surface area contributed by atoms with Crippen LogP contribution in [0.3, 0.4) is 0 Å². The minimum Gasteiger partial charge on any atom is -0.480 e. The van der Waals surface area contributed by atoms with Gasteiger partial charge in [0.1, 0.15) is 0 Å². The average molecular weight is 145 g/mol. The normalized spacial score (nSPS) is 12.5. The molecule has 0 rings (SSSR count). The van der Waals surface area contributed by atoms with Crippen molar-refractivity contribution >= 4 is 5.97 Å². The van der Waals surface area contributed by atoms with Crippen molar-refractivity contribution in [3.8, 4) is 0 Å². The Balaban J connectivity index is 3.60. The number of carbonyl (C=O) groups is 1. The van der Waals surface area contributed by atoms with E-state index in [1.54, 1.807) is 0 Å². The fraction of sp³-hybridized carbons (Fsp3) is 0.800. The lowest BCUT2D eigenvalue weighted by Crippen LogP contribution is -2.18. The molecule has 58 valence electrons. The van der Waals surface area contributed by atoms with Crippen LogP contribution in [0.2, 0.25) is 0 Å². The molecule has 1 atom stereocenters. The van der Waals surface area contributed by atoms with Crippen molar-refractivity contribution in [2.24, 2.45) is 10.8 Å². The summed E-state index contributed by atoms with van der Waals surface area (Å²) in [5.41, 5.74) is 11.6. The Morgan fingerprint density at radius 1 is 1.80 bits per heavy atom. The highest BCUT2D eigenvalue weighted by Gasteiger charge is 2.13. The topological polar surface area (TPSA) is 99.5 Å². The summed E-state index contributed by atoms with van der Waals surface area (Å²) < 4.78 is 0. The van der Waals surface area contributed by atoms with Crippen molar-refractivity contribution in [2.75, 3.05) is 6.54 Å². The summed E-state index contributed by atoms with van der Waals surface area (Å²) in [4.78, 5) is 10.2. The Bertz CT molecular complexity index is 126. The number of aliphatic carboxylic acids is 1. The van der Waals surface area contributed by atoms with Gasteiger partial charge in [0.2, 0.25) is 0 Å². The predicted molar refractivity (Wildman–Crippen MR) is 34.9 cm³/mol. The molecule has 0 aliphatic carbocycles. The summed E-state index contributed by atoms with van der Waals surface area (Å²) in [5.74, 6) is -1.05. The molecule has 0 saturated heterocycles. The van der Waals surface area contributed by atoms with Gasteiger partial charge in [-0.1, -0.05) is 0 Å².